The van der Waals surface area contributed by atoms with Gasteiger partial charge in [-0.05, 0) is 18.2 Å². The van der Waals surface area contributed by atoms with Gasteiger partial charge in [0.25, 0.3) is 0 Å². The summed E-state index contributed by atoms with van der Waals surface area (Å²) in [5.74, 6) is 2.28. The second-order valence-corrected chi connectivity index (χ2v) is 5.53. The lowest BCUT2D eigenvalue weighted by Crippen LogP contribution is -2.36. The molecule has 4 heteroatoms. The van der Waals surface area contributed by atoms with Crippen LogP contribution in [0.1, 0.15) is 32.8 Å². The van der Waals surface area contributed by atoms with E-state index >= 15 is 0 Å². The molecule has 0 radical (unpaired) electrons. The second-order valence-electron chi connectivity index (χ2n) is 5.53. The molecular formula is C16H20N2O2. The van der Waals surface area contributed by atoms with Crippen LogP contribution in [0.4, 0.5) is 5.69 Å². The van der Waals surface area contributed by atoms with Crippen LogP contribution in [-0.2, 0) is 9.59 Å². The lowest BCUT2D eigenvalue weighted by atomic mass is 9.96. The highest BCUT2D eigenvalue weighted by Gasteiger charge is 2.20. The molecule has 0 aliphatic rings. The number of hydrogen-bond donors (Lipinski definition) is 2. The first-order valence-corrected chi connectivity index (χ1v) is 6.48. The number of hydrogen-bond acceptors (Lipinski definition) is 2. The van der Waals surface area contributed by atoms with Gasteiger partial charge >= 0.3 is 0 Å². The van der Waals surface area contributed by atoms with Gasteiger partial charge in [0.05, 0.1) is 0 Å². The lowest BCUT2D eigenvalue weighted by Gasteiger charge is -2.17. The highest BCUT2D eigenvalue weighted by atomic mass is 16.2. The maximum Gasteiger partial charge on any atom is 0.226 e. The predicted octanol–water partition coefficient (Wildman–Crippen LogP) is 2.16. The van der Waals surface area contributed by atoms with E-state index in [1.165, 1.54) is 0 Å². The Balaban J connectivity index is 2.41. The van der Waals surface area contributed by atoms with Crippen molar-refractivity contribution in [3.05, 3.63) is 29.8 Å². The van der Waals surface area contributed by atoms with E-state index in [-0.39, 0.29) is 18.2 Å². The molecule has 1 aromatic rings. The minimum absolute atomic E-state index is 0.0698. The third kappa shape index (κ3) is 5.15. The van der Waals surface area contributed by atoms with Crippen molar-refractivity contribution in [3.63, 3.8) is 0 Å². The van der Waals surface area contributed by atoms with Gasteiger partial charge in [0, 0.05) is 29.6 Å². The molecule has 2 N–H and O–H groups in total. The summed E-state index contributed by atoms with van der Waals surface area (Å²) in [6, 6.07) is 7.07. The fraction of sp³-hybridized carbons (Fsp3) is 0.375. The van der Waals surface area contributed by atoms with Gasteiger partial charge in [-0.15, -0.1) is 6.42 Å². The van der Waals surface area contributed by atoms with Crippen molar-refractivity contribution in [3.8, 4) is 12.3 Å². The molecule has 4 nitrogen and oxygen atoms in total. The summed E-state index contributed by atoms with van der Waals surface area (Å²) >= 11 is 0. The van der Waals surface area contributed by atoms with E-state index in [9.17, 15) is 9.59 Å². The number of terminal acetylenes is 1. The highest BCUT2D eigenvalue weighted by molar-refractivity contribution is 5.91. The number of benzene rings is 1. The van der Waals surface area contributed by atoms with Gasteiger partial charge in [0.15, 0.2) is 0 Å². The molecule has 106 valence electrons. The zero-order valence-electron chi connectivity index (χ0n) is 12.1. The maximum atomic E-state index is 11.7. The monoisotopic (exact) mass is 272 g/mol. The molecule has 0 aliphatic heterocycles. The molecule has 0 spiro atoms. The van der Waals surface area contributed by atoms with E-state index < -0.39 is 5.41 Å². The fourth-order valence-electron chi connectivity index (χ4n) is 1.46. The number of anilines is 1. The van der Waals surface area contributed by atoms with Crippen LogP contribution in [-0.4, -0.2) is 18.4 Å². The van der Waals surface area contributed by atoms with Crippen molar-refractivity contribution >= 4 is 17.5 Å². The summed E-state index contributed by atoms with van der Waals surface area (Å²) < 4.78 is 0. The number of amides is 2. The Morgan fingerprint density at radius 2 is 2.00 bits per heavy atom. The first-order chi connectivity index (χ1) is 9.32. The molecule has 0 bridgehead atoms. The molecule has 0 saturated heterocycles. The molecular weight excluding hydrogens is 252 g/mol. The minimum Gasteiger partial charge on any atom is -0.355 e. The molecule has 1 aromatic carbocycles. The summed E-state index contributed by atoms with van der Waals surface area (Å²) in [7, 11) is 0. The van der Waals surface area contributed by atoms with Crippen LogP contribution >= 0.6 is 0 Å². The minimum atomic E-state index is -0.447. The molecule has 0 aromatic heterocycles. The van der Waals surface area contributed by atoms with Crippen molar-refractivity contribution in [1.82, 2.24) is 5.32 Å². The number of carbonyl (C=O) groups is 2. The molecule has 2 amide bonds. The van der Waals surface area contributed by atoms with Crippen molar-refractivity contribution < 1.29 is 9.59 Å². The van der Waals surface area contributed by atoms with Gasteiger partial charge in [-0.1, -0.05) is 32.8 Å². The molecule has 0 atom stereocenters. The number of rotatable bonds is 4. The van der Waals surface area contributed by atoms with E-state index in [1.54, 1.807) is 24.3 Å². The Morgan fingerprint density at radius 1 is 1.30 bits per heavy atom. The normalized spacial score (nSPS) is 10.5. The highest BCUT2D eigenvalue weighted by Crippen LogP contribution is 2.12. The van der Waals surface area contributed by atoms with Crippen LogP contribution in [0.5, 0.6) is 0 Å². The Hall–Kier alpha value is -2.28. The average Bonchev–Trinajstić information content (AvgIpc) is 2.37. The topological polar surface area (TPSA) is 58.2 Å². The Morgan fingerprint density at radius 3 is 2.60 bits per heavy atom. The summed E-state index contributed by atoms with van der Waals surface area (Å²) in [6.45, 7) is 5.80. The van der Waals surface area contributed by atoms with Gasteiger partial charge in [-0.3, -0.25) is 9.59 Å². The number of carbonyl (C=O) groups excluding carboxylic acids is 2. The first kappa shape index (κ1) is 15.8. The summed E-state index contributed by atoms with van der Waals surface area (Å²) in [6.07, 6.45) is 5.52. The maximum absolute atomic E-state index is 11.7. The third-order valence-corrected chi connectivity index (χ3v) is 2.63. The molecule has 0 fully saturated rings. The van der Waals surface area contributed by atoms with Crippen LogP contribution in [0, 0.1) is 17.8 Å². The molecule has 1 rings (SSSR count). The quantitative estimate of drug-likeness (QED) is 0.825. The van der Waals surface area contributed by atoms with E-state index in [0.29, 0.717) is 17.8 Å². The van der Waals surface area contributed by atoms with Gasteiger partial charge in [0.1, 0.15) is 0 Å². The largest absolute Gasteiger partial charge is 0.355 e. The Kier molecular flexibility index (Phi) is 5.33. The smallest absolute Gasteiger partial charge is 0.226 e. The van der Waals surface area contributed by atoms with Gasteiger partial charge in [-0.25, -0.2) is 0 Å². The van der Waals surface area contributed by atoms with E-state index in [4.69, 9.17) is 6.42 Å². The molecule has 0 saturated carbocycles. The van der Waals surface area contributed by atoms with Crippen LogP contribution in [0.15, 0.2) is 24.3 Å². The SMILES string of the molecule is C#Cc1cccc(NC(=O)CCNC(=O)C(C)(C)C)c1. The van der Waals surface area contributed by atoms with Crippen LogP contribution in [0.3, 0.4) is 0 Å². The van der Waals surface area contributed by atoms with Crippen molar-refractivity contribution in [2.45, 2.75) is 27.2 Å². The van der Waals surface area contributed by atoms with Crippen molar-refractivity contribution in [1.29, 1.82) is 0 Å². The summed E-state index contributed by atoms with van der Waals surface area (Å²) in [4.78, 5) is 23.4. The van der Waals surface area contributed by atoms with Crippen LogP contribution in [0.2, 0.25) is 0 Å². The van der Waals surface area contributed by atoms with Crippen LogP contribution < -0.4 is 10.6 Å². The lowest BCUT2D eigenvalue weighted by molar-refractivity contribution is -0.128. The van der Waals surface area contributed by atoms with E-state index in [1.807, 2.05) is 20.8 Å². The molecule has 0 aliphatic carbocycles. The molecule has 0 heterocycles. The van der Waals surface area contributed by atoms with Gasteiger partial charge in [-0.2, -0.15) is 0 Å². The summed E-state index contributed by atoms with van der Waals surface area (Å²) in [5, 5.41) is 5.47. The van der Waals surface area contributed by atoms with Gasteiger partial charge < -0.3 is 10.6 Å². The average molecular weight is 272 g/mol. The zero-order valence-corrected chi connectivity index (χ0v) is 12.1. The van der Waals surface area contributed by atoms with Gasteiger partial charge in [0.2, 0.25) is 11.8 Å². The van der Waals surface area contributed by atoms with Crippen LogP contribution in [0.25, 0.3) is 0 Å². The van der Waals surface area contributed by atoms with E-state index in [0.717, 1.165) is 0 Å². The molecule has 20 heavy (non-hydrogen) atoms. The summed E-state index contributed by atoms with van der Waals surface area (Å²) in [5.41, 5.74) is 0.925. The van der Waals surface area contributed by atoms with Crippen molar-refractivity contribution in [2.24, 2.45) is 5.41 Å². The fourth-order valence-corrected chi connectivity index (χ4v) is 1.46. The number of nitrogens with one attached hydrogen (secondary N) is 2. The van der Waals surface area contributed by atoms with Crippen molar-refractivity contribution in [2.75, 3.05) is 11.9 Å². The second kappa shape index (κ2) is 6.76. The zero-order chi connectivity index (χ0) is 15.2. The Labute approximate surface area is 120 Å². The van der Waals surface area contributed by atoms with E-state index in [2.05, 4.69) is 16.6 Å². The third-order valence-electron chi connectivity index (χ3n) is 2.63. The predicted molar refractivity (Wildman–Crippen MR) is 80.1 cm³/mol. The molecule has 0 unspecified atom stereocenters. The first-order valence-electron chi connectivity index (χ1n) is 6.48. The standard InChI is InChI=1S/C16H20N2O2/c1-5-12-7-6-8-13(11-12)18-14(19)9-10-17-15(20)16(2,3)4/h1,6-8,11H,9-10H2,2-4H3,(H,17,20)(H,18,19). The Bertz CT molecular complexity index is 536.